The molecule has 0 aromatic rings. The van der Waals surface area contributed by atoms with E-state index in [4.69, 9.17) is 0 Å². The second kappa shape index (κ2) is 2.24. The molecule has 0 aromatic heterocycles. The van der Waals surface area contributed by atoms with Crippen LogP contribution in [0.15, 0.2) is 0 Å². The predicted octanol–water partition coefficient (Wildman–Crippen LogP) is 1.55. The third-order valence-electron chi connectivity index (χ3n) is 7.11. The molecular formula is C14H20O2. The number of hydrogen-bond donors (Lipinski definition) is 2. The molecule has 0 radical (unpaired) electrons. The summed E-state index contributed by atoms with van der Waals surface area (Å²) in [6.45, 7) is 0. The maximum Gasteiger partial charge on any atom is 0.0736 e. The quantitative estimate of drug-likeness (QED) is 0.650. The molecule has 7 aliphatic rings. The molecule has 7 saturated carbocycles. The van der Waals surface area contributed by atoms with Crippen LogP contribution in [0.1, 0.15) is 38.5 Å². The lowest BCUT2D eigenvalue weighted by Crippen LogP contribution is -2.78. The molecule has 0 aliphatic heterocycles. The van der Waals surface area contributed by atoms with E-state index in [9.17, 15) is 10.2 Å². The molecule has 0 amide bonds. The summed E-state index contributed by atoms with van der Waals surface area (Å²) in [5.74, 6) is 3.44. The number of aliphatic hydroxyl groups is 2. The van der Waals surface area contributed by atoms with Gasteiger partial charge < -0.3 is 10.2 Å². The zero-order valence-corrected chi connectivity index (χ0v) is 9.60. The van der Waals surface area contributed by atoms with E-state index in [-0.39, 0.29) is 5.92 Å². The molecule has 4 unspecified atom stereocenters. The molecule has 4 atom stereocenters. The van der Waals surface area contributed by atoms with Gasteiger partial charge in [-0.05, 0) is 68.1 Å². The highest BCUT2D eigenvalue weighted by atomic mass is 16.3. The molecule has 7 rings (SSSR count). The van der Waals surface area contributed by atoms with E-state index in [2.05, 4.69) is 0 Å². The van der Waals surface area contributed by atoms with Crippen LogP contribution in [0.5, 0.6) is 0 Å². The molecule has 0 saturated heterocycles. The van der Waals surface area contributed by atoms with Crippen LogP contribution in [-0.2, 0) is 0 Å². The maximum absolute atomic E-state index is 11.0. The molecule has 0 spiro atoms. The number of rotatable bonds is 0. The average molecular weight is 220 g/mol. The fraction of sp³-hybridized carbons (Fsp3) is 1.00. The standard InChI is InChI=1S/C14H20O2/c15-13-5-8-1-9-10(13)2-7-3-11(9)14(16,6-8)12(13)4-7/h7-12,15-16H,1-6H2. The second-order valence-electron chi connectivity index (χ2n) is 7.49. The highest BCUT2D eigenvalue weighted by Crippen LogP contribution is 2.73. The van der Waals surface area contributed by atoms with Crippen LogP contribution >= 0.6 is 0 Å². The van der Waals surface area contributed by atoms with E-state index >= 15 is 0 Å². The Hall–Kier alpha value is -0.0800. The lowest BCUT2D eigenvalue weighted by Gasteiger charge is -2.75. The topological polar surface area (TPSA) is 40.5 Å². The Labute approximate surface area is 96.0 Å². The van der Waals surface area contributed by atoms with Gasteiger partial charge in [-0.3, -0.25) is 0 Å². The SMILES string of the molecule is OC12CC3CC4C1CC1CC4C(O)(C3)C2C1. The van der Waals surface area contributed by atoms with E-state index in [0.29, 0.717) is 23.7 Å². The van der Waals surface area contributed by atoms with Gasteiger partial charge >= 0.3 is 0 Å². The average Bonchev–Trinajstić information content (AvgIpc) is 2.24. The summed E-state index contributed by atoms with van der Waals surface area (Å²) in [5.41, 5.74) is -0.929. The largest absolute Gasteiger partial charge is 0.389 e. The second-order valence-corrected chi connectivity index (χ2v) is 7.49. The van der Waals surface area contributed by atoms with E-state index < -0.39 is 11.2 Å². The lowest BCUT2D eigenvalue weighted by atomic mass is 9.32. The third kappa shape index (κ3) is 0.693. The van der Waals surface area contributed by atoms with Crippen LogP contribution < -0.4 is 0 Å². The maximum atomic E-state index is 11.0. The first-order valence-corrected chi connectivity index (χ1v) is 7.06. The molecule has 2 N–H and O–H groups in total. The Kier molecular flexibility index (Phi) is 1.25. The lowest BCUT2D eigenvalue weighted by molar-refractivity contribution is -0.345. The molecule has 0 aromatic carbocycles. The van der Waals surface area contributed by atoms with E-state index in [1.807, 2.05) is 0 Å². The zero-order chi connectivity index (χ0) is 10.7. The number of hydrogen-bond acceptors (Lipinski definition) is 2. The van der Waals surface area contributed by atoms with Crippen molar-refractivity contribution in [3.63, 3.8) is 0 Å². The van der Waals surface area contributed by atoms with Crippen LogP contribution in [0.4, 0.5) is 0 Å². The Bertz CT molecular complexity index is 351. The monoisotopic (exact) mass is 220 g/mol. The summed E-state index contributed by atoms with van der Waals surface area (Å²) in [4.78, 5) is 0. The summed E-state index contributed by atoms with van der Waals surface area (Å²) >= 11 is 0. The van der Waals surface area contributed by atoms with Gasteiger partial charge in [0, 0.05) is 5.92 Å². The predicted molar refractivity (Wildman–Crippen MR) is 58.5 cm³/mol. The van der Waals surface area contributed by atoms with E-state index in [0.717, 1.165) is 25.2 Å². The minimum Gasteiger partial charge on any atom is -0.389 e. The van der Waals surface area contributed by atoms with Crippen LogP contribution in [0.25, 0.3) is 0 Å². The Morgan fingerprint density at radius 3 is 2.00 bits per heavy atom. The first kappa shape index (κ1) is 8.93. The van der Waals surface area contributed by atoms with Gasteiger partial charge in [0.15, 0.2) is 0 Å². The van der Waals surface area contributed by atoms with Gasteiger partial charge in [0.2, 0.25) is 0 Å². The zero-order valence-electron chi connectivity index (χ0n) is 9.60. The third-order valence-corrected chi connectivity index (χ3v) is 7.11. The van der Waals surface area contributed by atoms with Crippen LogP contribution in [0.3, 0.4) is 0 Å². The van der Waals surface area contributed by atoms with E-state index in [1.54, 1.807) is 0 Å². The smallest absolute Gasteiger partial charge is 0.0736 e. The molecule has 0 heterocycles. The Balaban J connectivity index is 1.76. The molecule has 2 heteroatoms. The first-order valence-electron chi connectivity index (χ1n) is 7.06. The minimum atomic E-state index is -0.464. The summed E-state index contributed by atoms with van der Waals surface area (Å²) in [5, 5.41) is 22.1. The molecule has 7 aliphatic carbocycles. The van der Waals surface area contributed by atoms with Crippen molar-refractivity contribution in [2.24, 2.45) is 35.5 Å². The molecule has 7 fully saturated rings. The van der Waals surface area contributed by atoms with Gasteiger partial charge in [-0.25, -0.2) is 0 Å². The highest BCUT2D eigenvalue weighted by molar-refractivity contribution is 5.25. The highest BCUT2D eigenvalue weighted by Gasteiger charge is 2.75. The van der Waals surface area contributed by atoms with Gasteiger partial charge in [0.05, 0.1) is 11.2 Å². The van der Waals surface area contributed by atoms with Crippen molar-refractivity contribution >= 4 is 0 Å². The fourth-order valence-electron chi connectivity index (χ4n) is 6.94. The molecule has 2 nitrogen and oxygen atoms in total. The van der Waals surface area contributed by atoms with Gasteiger partial charge in [-0.1, -0.05) is 0 Å². The van der Waals surface area contributed by atoms with Crippen LogP contribution in [0.2, 0.25) is 0 Å². The van der Waals surface area contributed by atoms with Crippen molar-refractivity contribution < 1.29 is 10.2 Å². The summed E-state index contributed by atoms with van der Waals surface area (Å²) in [7, 11) is 0. The minimum absolute atomic E-state index is 0.232. The fourth-order valence-corrected chi connectivity index (χ4v) is 6.94. The summed E-state index contributed by atoms with van der Waals surface area (Å²) < 4.78 is 0. The van der Waals surface area contributed by atoms with Crippen molar-refractivity contribution in [2.45, 2.75) is 49.7 Å². The Morgan fingerprint density at radius 2 is 1.38 bits per heavy atom. The first-order chi connectivity index (χ1) is 7.61. The van der Waals surface area contributed by atoms with Crippen molar-refractivity contribution in [1.82, 2.24) is 0 Å². The molecule has 88 valence electrons. The van der Waals surface area contributed by atoms with Gasteiger partial charge in [-0.2, -0.15) is 0 Å². The van der Waals surface area contributed by atoms with Crippen LogP contribution in [0, 0.1) is 35.5 Å². The normalized spacial score (nSPS) is 73.9. The van der Waals surface area contributed by atoms with Crippen LogP contribution in [-0.4, -0.2) is 21.4 Å². The summed E-state index contributed by atoms with van der Waals surface area (Å²) in [6.07, 6.45) is 6.94. The Morgan fingerprint density at radius 1 is 0.750 bits per heavy atom. The van der Waals surface area contributed by atoms with Crippen molar-refractivity contribution in [1.29, 1.82) is 0 Å². The summed E-state index contributed by atoms with van der Waals surface area (Å²) in [6, 6.07) is 0. The van der Waals surface area contributed by atoms with Crippen molar-refractivity contribution in [3.05, 3.63) is 0 Å². The molecular weight excluding hydrogens is 200 g/mol. The molecule has 8 bridgehead atoms. The molecule has 16 heavy (non-hydrogen) atoms. The van der Waals surface area contributed by atoms with Gasteiger partial charge in [0.25, 0.3) is 0 Å². The van der Waals surface area contributed by atoms with Gasteiger partial charge in [0.1, 0.15) is 0 Å². The van der Waals surface area contributed by atoms with E-state index in [1.165, 1.54) is 19.3 Å². The van der Waals surface area contributed by atoms with Crippen molar-refractivity contribution in [3.8, 4) is 0 Å². The van der Waals surface area contributed by atoms with Gasteiger partial charge in [-0.15, -0.1) is 0 Å². The van der Waals surface area contributed by atoms with Crippen molar-refractivity contribution in [2.75, 3.05) is 0 Å².